The average Bonchev–Trinajstić information content (AvgIpc) is 3.33. The van der Waals surface area contributed by atoms with Crippen LogP contribution >= 0.6 is 0 Å². The van der Waals surface area contributed by atoms with Crippen LogP contribution in [0.2, 0.25) is 0 Å². The predicted molar refractivity (Wildman–Crippen MR) is 167 cm³/mol. The van der Waals surface area contributed by atoms with Crippen molar-refractivity contribution >= 4 is 23.7 Å². The van der Waals surface area contributed by atoms with Crippen LogP contribution in [-0.4, -0.2) is 22.4 Å². The first-order chi connectivity index (χ1) is 19.5. The van der Waals surface area contributed by atoms with Crippen LogP contribution in [0.1, 0.15) is 66.5 Å². The van der Waals surface area contributed by atoms with Gasteiger partial charge in [0.05, 0.1) is 0 Å². The van der Waals surface area contributed by atoms with Crippen molar-refractivity contribution in [2.45, 2.75) is 51.4 Å². The maximum absolute atomic E-state index is 5.40. The molecule has 40 heavy (non-hydrogen) atoms. The van der Waals surface area contributed by atoms with E-state index in [1.54, 1.807) is 0 Å². The topological polar surface area (TPSA) is 32.6 Å². The van der Waals surface area contributed by atoms with Gasteiger partial charge in [-0.1, -0.05) is 98.0 Å². The van der Waals surface area contributed by atoms with Crippen LogP contribution in [0.3, 0.4) is 0 Å². The number of hydrogen-bond donors (Lipinski definition) is 1. The van der Waals surface area contributed by atoms with Crippen molar-refractivity contribution < 1.29 is 0 Å². The molecule has 202 valence electrons. The van der Waals surface area contributed by atoms with Crippen molar-refractivity contribution in [3.63, 3.8) is 0 Å². The summed E-state index contributed by atoms with van der Waals surface area (Å²) in [6.07, 6.45) is 20.7. The van der Waals surface area contributed by atoms with E-state index in [2.05, 4.69) is 139 Å². The lowest BCUT2D eigenvalue weighted by molar-refractivity contribution is 0.0580. The fourth-order valence-electron chi connectivity index (χ4n) is 6.89. The van der Waals surface area contributed by atoms with E-state index < -0.39 is 5.66 Å². The molecule has 2 aromatic carbocycles. The van der Waals surface area contributed by atoms with Crippen molar-refractivity contribution in [3.8, 4) is 0 Å². The fraction of sp³-hybridized carbons (Fsp3) is 0.306. The van der Waals surface area contributed by atoms with Crippen LogP contribution in [0.4, 0.5) is 0 Å². The van der Waals surface area contributed by atoms with Gasteiger partial charge in [-0.05, 0) is 68.9 Å². The molecule has 0 radical (unpaired) electrons. The van der Waals surface area contributed by atoms with E-state index >= 15 is 0 Å². The number of hydrogen-bond acceptors (Lipinski definition) is 3. The highest BCUT2D eigenvalue weighted by atomic mass is 15.4. The van der Waals surface area contributed by atoms with Gasteiger partial charge in [-0.25, -0.2) is 4.99 Å². The minimum absolute atomic E-state index is 0.0753. The minimum Gasteiger partial charge on any atom is -0.351 e. The molecule has 1 aromatic heterocycles. The Hall–Kier alpha value is -3.89. The van der Waals surface area contributed by atoms with Gasteiger partial charge < -0.3 is 9.88 Å². The highest BCUT2D eigenvalue weighted by Crippen LogP contribution is 2.40. The largest absolute Gasteiger partial charge is 0.351 e. The quantitative estimate of drug-likeness (QED) is 0.380. The van der Waals surface area contributed by atoms with Gasteiger partial charge in [-0.15, -0.1) is 0 Å². The molecule has 4 nitrogen and oxygen atoms in total. The lowest BCUT2D eigenvalue weighted by Gasteiger charge is -2.48. The van der Waals surface area contributed by atoms with Crippen LogP contribution < -0.4 is 5.32 Å². The molecule has 0 amide bonds. The van der Waals surface area contributed by atoms with Crippen LogP contribution in [0.5, 0.6) is 0 Å². The number of fused-ring (bicyclic) bond motifs is 3. The number of allylic oxidation sites excluding steroid dienone is 5. The number of aromatic nitrogens is 1. The lowest BCUT2D eigenvalue weighted by atomic mass is 9.91. The van der Waals surface area contributed by atoms with Crippen LogP contribution in [0.15, 0.2) is 96.0 Å². The van der Waals surface area contributed by atoms with E-state index in [0.717, 1.165) is 31.5 Å². The van der Waals surface area contributed by atoms with Gasteiger partial charge in [0.2, 0.25) is 0 Å². The Kier molecular flexibility index (Phi) is 6.24. The van der Waals surface area contributed by atoms with Gasteiger partial charge in [-0.3, -0.25) is 4.90 Å². The second-order valence-electron chi connectivity index (χ2n) is 11.8. The van der Waals surface area contributed by atoms with Gasteiger partial charge in [0, 0.05) is 34.1 Å². The van der Waals surface area contributed by atoms with Gasteiger partial charge in [0.15, 0.2) is 0 Å². The maximum Gasteiger partial charge on any atom is 0.131 e. The number of amidine groups is 1. The van der Waals surface area contributed by atoms with Crippen molar-refractivity contribution in [1.82, 2.24) is 14.8 Å². The lowest BCUT2D eigenvalue weighted by Crippen LogP contribution is -2.60. The van der Waals surface area contributed by atoms with Gasteiger partial charge in [-0.2, -0.15) is 0 Å². The molecule has 3 aromatic rings. The van der Waals surface area contributed by atoms with Crippen molar-refractivity contribution in [1.29, 1.82) is 0 Å². The summed E-state index contributed by atoms with van der Waals surface area (Å²) in [7, 11) is 2.18. The molecular formula is C36H38N4. The fourth-order valence-corrected chi connectivity index (χ4v) is 6.89. The first kappa shape index (κ1) is 25.1. The second-order valence-corrected chi connectivity index (χ2v) is 11.8. The molecule has 3 aliphatic carbocycles. The molecule has 0 saturated heterocycles. The third kappa shape index (κ3) is 4.13. The minimum atomic E-state index is -0.398. The van der Waals surface area contributed by atoms with Gasteiger partial charge >= 0.3 is 0 Å². The van der Waals surface area contributed by atoms with E-state index in [9.17, 15) is 0 Å². The summed E-state index contributed by atoms with van der Waals surface area (Å²) in [4.78, 5) is 7.77. The van der Waals surface area contributed by atoms with Crippen molar-refractivity contribution in [2.24, 2.45) is 16.8 Å². The first-order valence-electron chi connectivity index (χ1n) is 14.7. The Morgan fingerprint density at radius 3 is 2.45 bits per heavy atom. The first-order valence-corrected chi connectivity index (χ1v) is 14.7. The summed E-state index contributed by atoms with van der Waals surface area (Å²) < 4.78 is 2.58. The Balaban J connectivity index is 1.33. The Morgan fingerprint density at radius 1 is 0.900 bits per heavy atom. The molecule has 7 rings (SSSR count). The molecule has 1 N–H and O–H groups in total. The molecule has 4 aliphatic rings. The molecule has 4 atom stereocenters. The maximum atomic E-state index is 5.40. The third-order valence-electron chi connectivity index (χ3n) is 9.19. The summed E-state index contributed by atoms with van der Waals surface area (Å²) >= 11 is 0. The Morgan fingerprint density at radius 2 is 1.65 bits per heavy atom. The molecule has 4 unspecified atom stereocenters. The summed E-state index contributed by atoms with van der Waals surface area (Å²) in [6.45, 7) is 4.61. The number of aliphatic imine (C=N–C) groups is 1. The van der Waals surface area contributed by atoms with E-state index in [0.29, 0.717) is 5.92 Å². The number of benzene rings is 2. The highest BCUT2D eigenvalue weighted by Gasteiger charge is 2.42. The molecule has 0 spiro atoms. The zero-order valence-corrected chi connectivity index (χ0v) is 23.7. The van der Waals surface area contributed by atoms with Crippen LogP contribution in [-0.2, 0) is 18.5 Å². The standard InChI is InChI=1S/C36H38N4/c1-25-21-22-31-30-19-10-11-20-32(30)40(33(31)23-25)29-18-12-15-27(24-29)34-37-35(26-13-6-4-7-14-26)39(3)36(2,38-34)28-16-8-5-9-17-28/h4-10,12-14,16-19,21-22,24-25,27,35H,11,15,20,23H2,1-3H3,(H,37,38). The molecule has 0 bridgehead atoms. The molecule has 2 heterocycles. The summed E-state index contributed by atoms with van der Waals surface area (Å²) in [5.74, 6) is 1.78. The molecule has 4 heteroatoms. The van der Waals surface area contributed by atoms with Crippen molar-refractivity contribution in [2.75, 3.05) is 7.05 Å². The van der Waals surface area contributed by atoms with Crippen LogP contribution in [0.25, 0.3) is 17.8 Å². The SMILES string of the molecule is CC1C=Cc2c3c(n(C4=CC(C5=NC(c6ccccc6)N(C)C(C)(c6ccccc6)N5)CC=C4)c2C1)CCC=C3. The van der Waals surface area contributed by atoms with Crippen molar-refractivity contribution in [3.05, 3.63) is 125 Å². The van der Waals surface area contributed by atoms with E-state index in [1.807, 2.05) is 0 Å². The molecule has 0 fully saturated rings. The number of rotatable bonds is 4. The normalized spacial score (nSPS) is 27.4. The van der Waals surface area contributed by atoms with Gasteiger partial charge in [0.1, 0.15) is 17.7 Å². The molecular weight excluding hydrogens is 488 g/mol. The predicted octanol–water partition coefficient (Wildman–Crippen LogP) is 7.58. The zero-order chi connectivity index (χ0) is 27.3. The number of nitrogens with one attached hydrogen (secondary N) is 1. The van der Waals surface area contributed by atoms with E-state index in [-0.39, 0.29) is 12.1 Å². The third-order valence-corrected chi connectivity index (χ3v) is 9.19. The smallest absolute Gasteiger partial charge is 0.131 e. The Labute approximate surface area is 238 Å². The summed E-state index contributed by atoms with van der Waals surface area (Å²) in [6, 6.07) is 21.5. The van der Waals surface area contributed by atoms with Crippen LogP contribution in [0, 0.1) is 11.8 Å². The zero-order valence-electron chi connectivity index (χ0n) is 23.7. The van der Waals surface area contributed by atoms with Gasteiger partial charge in [0.25, 0.3) is 0 Å². The monoisotopic (exact) mass is 526 g/mol. The second kappa shape index (κ2) is 9.94. The summed E-state index contributed by atoms with van der Waals surface area (Å²) in [5.41, 5.74) is 9.07. The Bertz CT molecular complexity index is 1570. The van der Waals surface area contributed by atoms with E-state index in [1.165, 1.54) is 39.3 Å². The highest BCUT2D eigenvalue weighted by molar-refractivity contribution is 5.90. The van der Waals surface area contributed by atoms with E-state index in [4.69, 9.17) is 4.99 Å². The molecule has 0 saturated carbocycles. The summed E-state index contributed by atoms with van der Waals surface area (Å²) in [5, 5.41) is 3.93. The average molecular weight is 527 g/mol. The molecule has 1 aliphatic heterocycles. The number of nitrogens with zero attached hydrogens (tertiary/aromatic N) is 3.